The maximum Gasteiger partial charge on any atom is 0.488 e. The normalized spacial score (nSPS) is 18.4. The van der Waals surface area contributed by atoms with Crippen molar-refractivity contribution in [1.82, 2.24) is 4.90 Å². The Bertz CT molecular complexity index is 510. The maximum absolute atomic E-state index is 12.0. The molecule has 0 radical (unpaired) electrons. The van der Waals surface area contributed by atoms with Crippen LogP contribution in [0.3, 0.4) is 0 Å². The van der Waals surface area contributed by atoms with E-state index in [0.717, 1.165) is 24.9 Å². The second-order valence-corrected chi connectivity index (χ2v) is 6.90. The summed E-state index contributed by atoms with van der Waals surface area (Å²) in [5, 5.41) is 18.2. The lowest BCUT2D eigenvalue weighted by Gasteiger charge is -2.24. The lowest BCUT2D eigenvalue weighted by atomic mass is 9.80. The van der Waals surface area contributed by atoms with Gasteiger partial charge in [-0.1, -0.05) is 24.3 Å². The van der Waals surface area contributed by atoms with Crippen molar-refractivity contribution in [3.05, 3.63) is 29.8 Å². The van der Waals surface area contributed by atoms with E-state index in [0.29, 0.717) is 17.9 Å². The summed E-state index contributed by atoms with van der Waals surface area (Å²) in [6, 6.07) is 7.26. The van der Waals surface area contributed by atoms with Crippen LogP contribution in [0.4, 0.5) is 4.79 Å². The minimum Gasteiger partial charge on any atom is -0.444 e. The number of rotatable bonds is 3. The lowest BCUT2D eigenvalue weighted by Crippen LogP contribution is -2.35. The van der Waals surface area contributed by atoms with E-state index in [9.17, 15) is 4.79 Å². The molecule has 6 heteroatoms. The summed E-state index contributed by atoms with van der Waals surface area (Å²) in [5.41, 5.74) is 1.17. The molecular weight excluding hydrogens is 281 g/mol. The van der Waals surface area contributed by atoms with Crippen LogP contribution in [0.1, 0.15) is 32.8 Å². The standard InChI is InChI=1S/C16H24BNO4/c1-16(2,3)22-15(19)18-9-8-13(11-18)10-12-4-6-14(7-5-12)17(20)21/h4-7,13,20-21H,8-11H2,1-3H3. The van der Waals surface area contributed by atoms with E-state index in [2.05, 4.69) is 0 Å². The van der Waals surface area contributed by atoms with E-state index in [-0.39, 0.29) is 6.09 Å². The molecule has 1 aromatic carbocycles. The molecular formula is C16H24BNO4. The van der Waals surface area contributed by atoms with E-state index in [1.165, 1.54) is 0 Å². The minimum absolute atomic E-state index is 0.242. The first-order valence-corrected chi connectivity index (χ1v) is 7.67. The Balaban J connectivity index is 1.87. The van der Waals surface area contributed by atoms with Gasteiger partial charge in [-0.3, -0.25) is 0 Å². The maximum atomic E-state index is 12.0. The van der Waals surface area contributed by atoms with Crippen LogP contribution in [0.2, 0.25) is 0 Å². The number of amides is 1. The molecule has 120 valence electrons. The van der Waals surface area contributed by atoms with Crippen molar-refractivity contribution in [3.8, 4) is 0 Å². The van der Waals surface area contributed by atoms with E-state index in [1.807, 2.05) is 32.9 Å². The Morgan fingerprint density at radius 1 is 1.32 bits per heavy atom. The molecule has 0 saturated carbocycles. The smallest absolute Gasteiger partial charge is 0.444 e. The van der Waals surface area contributed by atoms with Gasteiger partial charge in [0.05, 0.1) is 0 Å². The molecule has 5 nitrogen and oxygen atoms in total. The molecule has 0 spiro atoms. The second kappa shape index (κ2) is 6.71. The van der Waals surface area contributed by atoms with Gasteiger partial charge in [0.2, 0.25) is 0 Å². The lowest BCUT2D eigenvalue weighted by molar-refractivity contribution is 0.0288. The summed E-state index contributed by atoms with van der Waals surface area (Å²) in [5.74, 6) is 0.414. The van der Waals surface area contributed by atoms with Crippen molar-refractivity contribution >= 4 is 18.7 Å². The number of hydrogen-bond acceptors (Lipinski definition) is 4. The number of likely N-dealkylation sites (tertiary alicyclic amines) is 1. The highest BCUT2D eigenvalue weighted by molar-refractivity contribution is 6.58. The Hall–Kier alpha value is -1.53. The van der Waals surface area contributed by atoms with Gasteiger partial charge in [0.25, 0.3) is 0 Å². The first-order valence-electron chi connectivity index (χ1n) is 7.67. The third-order valence-corrected chi connectivity index (χ3v) is 3.74. The molecule has 22 heavy (non-hydrogen) atoms. The third kappa shape index (κ3) is 4.75. The van der Waals surface area contributed by atoms with Gasteiger partial charge in [-0.05, 0) is 50.6 Å². The Kier molecular flexibility index (Phi) is 5.14. The van der Waals surface area contributed by atoms with Crippen LogP contribution < -0.4 is 5.46 Å². The summed E-state index contributed by atoms with van der Waals surface area (Å²) in [6.45, 7) is 7.05. The van der Waals surface area contributed by atoms with E-state index in [1.54, 1.807) is 17.0 Å². The highest BCUT2D eigenvalue weighted by Gasteiger charge is 2.29. The first kappa shape index (κ1) is 16.8. The summed E-state index contributed by atoms with van der Waals surface area (Å²) in [4.78, 5) is 13.8. The molecule has 0 aliphatic carbocycles. The Labute approximate surface area is 132 Å². The molecule has 0 aromatic heterocycles. The van der Waals surface area contributed by atoms with Gasteiger partial charge < -0.3 is 19.7 Å². The number of ether oxygens (including phenoxy) is 1. The van der Waals surface area contributed by atoms with Gasteiger partial charge in [0.1, 0.15) is 5.60 Å². The van der Waals surface area contributed by atoms with Crippen molar-refractivity contribution in [1.29, 1.82) is 0 Å². The van der Waals surface area contributed by atoms with E-state index >= 15 is 0 Å². The molecule has 0 bridgehead atoms. The topological polar surface area (TPSA) is 70.0 Å². The zero-order valence-electron chi connectivity index (χ0n) is 13.5. The zero-order chi connectivity index (χ0) is 16.3. The quantitative estimate of drug-likeness (QED) is 0.822. The predicted octanol–water partition coefficient (Wildman–Crippen LogP) is 1.17. The molecule has 1 heterocycles. The van der Waals surface area contributed by atoms with Crippen molar-refractivity contribution < 1.29 is 19.6 Å². The van der Waals surface area contributed by atoms with Gasteiger partial charge in [-0.2, -0.15) is 0 Å². The molecule has 2 N–H and O–H groups in total. The third-order valence-electron chi connectivity index (χ3n) is 3.74. The molecule has 1 atom stereocenters. The highest BCUT2D eigenvalue weighted by atomic mass is 16.6. The average Bonchev–Trinajstić information content (AvgIpc) is 2.86. The summed E-state index contributed by atoms with van der Waals surface area (Å²) in [7, 11) is -1.43. The van der Waals surface area contributed by atoms with Crippen LogP contribution in [-0.2, 0) is 11.2 Å². The molecule has 1 aliphatic rings. The van der Waals surface area contributed by atoms with Crippen LogP contribution >= 0.6 is 0 Å². The van der Waals surface area contributed by atoms with Crippen LogP contribution in [0, 0.1) is 5.92 Å². The van der Waals surface area contributed by atoms with Crippen LogP contribution in [-0.4, -0.2) is 46.9 Å². The second-order valence-electron chi connectivity index (χ2n) is 6.90. The molecule has 1 aliphatic heterocycles. The van der Waals surface area contributed by atoms with E-state index in [4.69, 9.17) is 14.8 Å². The number of carbonyl (C=O) groups excluding carboxylic acids is 1. The summed E-state index contributed by atoms with van der Waals surface area (Å²) in [6.07, 6.45) is 1.60. The van der Waals surface area contributed by atoms with Gasteiger partial charge in [-0.25, -0.2) is 4.79 Å². The summed E-state index contributed by atoms with van der Waals surface area (Å²) >= 11 is 0. The van der Waals surface area contributed by atoms with Crippen molar-refractivity contribution in [2.24, 2.45) is 5.92 Å². The molecule has 1 unspecified atom stereocenters. The van der Waals surface area contributed by atoms with Crippen molar-refractivity contribution in [2.45, 2.75) is 39.2 Å². The summed E-state index contributed by atoms with van der Waals surface area (Å²) < 4.78 is 5.39. The fraction of sp³-hybridized carbons (Fsp3) is 0.562. The molecule has 1 aromatic rings. The first-order chi connectivity index (χ1) is 10.2. The van der Waals surface area contributed by atoms with Crippen molar-refractivity contribution in [3.63, 3.8) is 0 Å². The zero-order valence-corrected chi connectivity index (χ0v) is 13.5. The molecule has 2 rings (SSSR count). The van der Waals surface area contributed by atoms with Crippen LogP contribution in [0.25, 0.3) is 0 Å². The predicted molar refractivity (Wildman–Crippen MR) is 85.9 cm³/mol. The molecule has 1 saturated heterocycles. The Morgan fingerprint density at radius 2 is 1.95 bits per heavy atom. The number of hydrogen-bond donors (Lipinski definition) is 2. The SMILES string of the molecule is CC(C)(C)OC(=O)N1CCC(Cc2ccc(B(O)O)cc2)C1. The van der Waals surface area contributed by atoms with Gasteiger partial charge in [0.15, 0.2) is 0 Å². The molecule has 1 fully saturated rings. The van der Waals surface area contributed by atoms with Crippen LogP contribution in [0.5, 0.6) is 0 Å². The number of nitrogens with zero attached hydrogens (tertiary/aromatic N) is 1. The van der Waals surface area contributed by atoms with Gasteiger partial charge in [-0.15, -0.1) is 0 Å². The number of carbonyl (C=O) groups is 1. The fourth-order valence-electron chi connectivity index (χ4n) is 2.65. The highest BCUT2D eigenvalue weighted by Crippen LogP contribution is 2.22. The average molecular weight is 305 g/mol. The van der Waals surface area contributed by atoms with Crippen LogP contribution in [0.15, 0.2) is 24.3 Å². The van der Waals surface area contributed by atoms with Gasteiger partial charge in [0, 0.05) is 13.1 Å². The minimum atomic E-state index is -1.43. The van der Waals surface area contributed by atoms with E-state index < -0.39 is 12.7 Å². The largest absolute Gasteiger partial charge is 0.488 e. The van der Waals surface area contributed by atoms with Crippen molar-refractivity contribution in [2.75, 3.05) is 13.1 Å². The Morgan fingerprint density at radius 3 is 2.50 bits per heavy atom. The fourth-order valence-corrected chi connectivity index (χ4v) is 2.65. The molecule has 1 amide bonds. The van der Waals surface area contributed by atoms with Gasteiger partial charge >= 0.3 is 13.2 Å². The number of benzene rings is 1. The monoisotopic (exact) mass is 305 g/mol.